The number of rotatable bonds is 4. The molecule has 0 spiro atoms. The first kappa shape index (κ1) is 9.99. The fourth-order valence-corrected chi connectivity index (χ4v) is 1.83. The highest BCUT2D eigenvalue weighted by molar-refractivity contribution is 7.98. The van der Waals surface area contributed by atoms with E-state index >= 15 is 0 Å². The molecule has 1 aromatic rings. The SMILES string of the molecule is CSc1ccc(CNC2CC2)cc1F. The Morgan fingerprint density at radius 1 is 1.50 bits per heavy atom. The Labute approximate surface area is 88.1 Å². The summed E-state index contributed by atoms with van der Waals surface area (Å²) in [5, 5.41) is 3.36. The second-order valence-electron chi connectivity index (χ2n) is 3.62. The second kappa shape index (κ2) is 4.32. The minimum atomic E-state index is -0.104. The quantitative estimate of drug-likeness (QED) is 0.769. The summed E-state index contributed by atoms with van der Waals surface area (Å²) in [4.78, 5) is 0.722. The van der Waals surface area contributed by atoms with Gasteiger partial charge in [0.05, 0.1) is 0 Å². The van der Waals surface area contributed by atoms with Crippen LogP contribution in [0.5, 0.6) is 0 Å². The largest absolute Gasteiger partial charge is 0.310 e. The Morgan fingerprint density at radius 2 is 2.29 bits per heavy atom. The molecule has 1 aliphatic rings. The van der Waals surface area contributed by atoms with Gasteiger partial charge in [0.25, 0.3) is 0 Å². The van der Waals surface area contributed by atoms with Gasteiger partial charge >= 0.3 is 0 Å². The van der Waals surface area contributed by atoms with Crippen molar-refractivity contribution in [1.29, 1.82) is 0 Å². The summed E-state index contributed by atoms with van der Waals surface area (Å²) in [6, 6.07) is 6.15. The fraction of sp³-hybridized carbons (Fsp3) is 0.455. The smallest absolute Gasteiger partial charge is 0.137 e. The molecule has 1 fully saturated rings. The van der Waals surface area contributed by atoms with Gasteiger partial charge in [-0.05, 0) is 36.8 Å². The molecule has 0 heterocycles. The van der Waals surface area contributed by atoms with Gasteiger partial charge in [-0.2, -0.15) is 0 Å². The lowest BCUT2D eigenvalue weighted by Crippen LogP contribution is -2.15. The van der Waals surface area contributed by atoms with E-state index in [4.69, 9.17) is 0 Å². The molecule has 0 atom stereocenters. The fourth-order valence-electron chi connectivity index (χ4n) is 1.37. The molecule has 0 bridgehead atoms. The van der Waals surface area contributed by atoms with Crippen molar-refractivity contribution in [1.82, 2.24) is 5.32 Å². The molecule has 2 rings (SSSR count). The van der Waals surface area contributed by atoms with Crippen LogP contribution in [0.3, 0.4) is 0 Å². The van der Waals surface area contributed by atoms with Crippen LogP contribution in [0.2, 0.25) is 0 Å². The maximum Gasteiger partial charge on any atom is 0.137 e. The highest BCUT2D eigenvalue weighted by Gasteiger charge is 2.19. The monoisotopic (exact) mass is 211 g/mol. The van der Waals surface area contributed by atoms with Crippen LogP contribution in [-0.4, -0.2) is 12.3 Å². The van der Waals surface area contributed by atoms with Gasteiger partial charge in [0.15, 0.2) is 0 Å². The highest BCUT2D eigenvalue weighted by Crippen LogP contribution is 2.22. The third kappa shape index (κ3) is 2.49. The summed E-state index contributed by atoms with van der Waals surface area (Å²) < 4.78 is 13.3. The first-order chi connectivity index (χ1) is 6.79. The first-order valence-corrected chi connectivity index (χ1v) is 6.08. The normalized spacial score (nSPS) is 15.9. The van der Waals surface area contributed by atoms with Gasteiger partial charge in [0.1, 0.15) is 5.82 Å². The van der Waals surface area contributed by atoms with Crippen LogP contribution in [0.1, 0.15) is 18.4 Å². The Kier molecular flexibility index (Phi) is 3.08. The lowest BCUT2D eigenvalue weighted by Gasteiger charge is -2.05. The Morgan fingerprint density at radius 3 is 2.86 bits per heavy atom. The van der Waals surface area contributed by atoms with E-state index in [1.165, 1.54) is 24.6 Å². The molecule has 0 aliphatic heterocycles. The average molecular weight is 211 g/mol. The molecule has 76 valence electrons. The zero-order chi connectivity index (χ0) is 9.97. The molecule has 0 unspecified atom stereocenters. The minimum absolute atomic E-state index is 0.104. The van der Waals surface area contributed by atoms with Crippen LogP contribution in [0, 0.1) is 5.82 Å². The molecule has 1 saturated carbocycles. The number of benzene rings is 1. The van der Waals surface area contributed by atoms with Crippen LogP contribution >= 0.6 is 11.8 Å². The van der Waals surface area contributed by atoms with Gasteiger partial charge in [0.2, 0.25) is 0 Å². The Hall–Kier alpha value is -0.540. The Bertz CT molecular complexity index is 323. The standard InChI is InChI=1S/C11H14FNS/c1-14-11-5-2-8(6-10(11)12)7-13-9-3-4-9/h2,5-6,9,13H,3-4,7H2,1H3. The van der Waals surface area contributed by atoms with Crippen molar-refractivity contribution in [2.75, 3.05) is 6.26 Å². The molecule has 14 heavy (non-hydrogen) atoms. The zero-order valence-corrected chi connectivity index (χ0v) is 9.03. The van der Waals surface area contributed by atoms with Crippen molar-refractivity contribution in [2.45, 2.75) is 30.3 Å². The predicted octanol–water partition coefficient (Wildman–Crippen LogP) is 2.80. The molecule has 1 aromatic carbocycles. The molecule has 0 radical (unpaired) electrons. The van der Waals surface area contributed by atoms with Crippen LogP contribution in [0.25, 0.3) is 0 Å². The van der Waals surface area contributed by atoms with Crippen molar-refractivity contribution in [3.05, 3.63) is 29.6 Å². The Balaban J connectivity index is 1.99. The summed E-state index contributed by atoms with van der Waals surface area (Å²) in [7, 11) is 0. The molecule has 0 saturated heterocycles. The maximum atomic E-state index is 13.3. The zero-order valence-electron chi connectivity index (χ0n) is 8.22. The summed E-state index contributed by atoms with van der Waals surface area (Å²) in [6.45, 7) is 0.788. The van der Waals surface area contributed by atoms with Gasteiger partial charge < -0.3 is 5.32 Å². The molecule has 1 N–H and O–H groups in total. The van der Waals surface area contributed by atoms with Gasteiger partial charge in [-0.25, -0.2) is 4.39 Å². The van der Waals surface area contributed by atoms with Crippen molar-refractivity contribution < 1.29 is 4.39 Å². The number of nitrogens with one attached hydrogen (secondary N) is 1. The van der Waals surface area contributed by atoms with Gasteiger partial charge in [-0.3, -0.25) is 0 Å². The topological polar surface area (TPSA) is 12.0 Å². The van der Waals surface area contributed by atoms with E-state index < -0.39 is 0 Å². The number of halogens is 1. The second-order valence-corrected chi connectivity index (χ2v) is 4.47. The van der Waals surface area contributed by atoms with E-state index in [0.29, 0.717) is 6.04 Å². The average Bonchev–Trinajstić information content (AvgIpc) is 2.98. The summed E-state index contributed by atoms with van der Waals surface area (Å²) in [5.41, 5.74) is 1.03. The highest BCUT2D eigenvalue weighted by atomic mass is 32.2. The summed E-state index contributed by atoms with van der Waals surface area (Å²) in [5.74, 6) is -0.104. The minimum Gasteiger partial charge on any atom is -0.310 e. The van der Waals surface area contributed by atoms with Crippen LogP contribution in [-0.2, 0) is 6.54 Å². The van der Waals surface area contributed by atoms with Crippen LogP contribution in [0.15, 0.2) is 23.1 Å². The number of thioether (sulfide) groups is 1. The van der Waals surface area contributed by atoms with Crippen molar-refractivity contribution >= 4 is 11.8 Å². The van der Waals surface area contributed by atoms with Crippen LogP contribution < -0.4 is 5.32 Å². The lowest BCUT2D eigenvalue weighted by atomic mass is 10.2. The van der Waals surface area contributed by atoms with Crippen molar-refractivity contribution in [2.24, 2.45) is 0 Å². The van der Waals surface area contributed by atoms with Gasteiger partial charge in [-0.15, -0.1) is 11.8 Å². The molecule has 3 heteroatoms. The number of hydrogen-bond donors (Lipinski definition) is 1. The van der Waals surface area contributed by atoms with E-state index in [1.807, 2.05) is 18.4 Å². The van der Waals surface area contributed by atoms with Gasteiger partial charge in [-0.1, -0.05) is 6.07 Å². The number of hydrogen-bond acceptors (Lipinski definition) is 2. The molecule has 0 amide bonds. The molecular weight excluding hydrogens is 197 g/mol. The van der Waals surface area contributed by atoms with E-state index in [2.05, 4.69) is 5.32 Å². The molecular formula is C11H14FNS. The maximum absolute atomic E-state index is 13.3. The van der Waals surface area contributed by atoms with E-state index in [0.717, 1.165) is 17.0 Å². The van der Waals surface area contributed by atoms with Crippen molar-refractivity contribution in [3.8, 4) is 0 Å². The third-order valence-corrected chi connectivity index (χ3v) is 3.16. The van der Waals surface area contributed by atoms with Crippen molar-refractivity contribution in [3.63, 3.8) is 0 Å². The van der Waals surface area contributed by atoms with E-state index in [-0.39, 0.29) is 5.82 Å². The molecule has 1 nitrogen and oxygen atoms in total. The lowest BCUT2D eigenvalue weighted by molar-refractivity contribution is 0.595. The summed E-state index contributed by atoms with van der Waals surface area (Å²) in [6.07, 6.45) is 4.43. The van der Waals surface area contributed by atoms with Gasteiger partial charge in [0, 0.05) is 17.5 Å². The summed E-state index contributed by atoms with van der Waals surface area (Å²) >= 11 is 1.45. The van der Waals surface area contributed by atoms with E-state index in [9.17, 15) is 4.39 Å². The molecule has 1 aliphatic carbocycles. The third-order valence-electron chi connectivity index (χ3n) is 2.39. The van der Waals surface area contributed by atoms with Crippen LogP contribution in [0.4, 0.5) is 4.39 Å². The first-order valence-electron chi connectivity index (χ1n) is 4.85. The predicted molar refractivity (Wildman–Crippen MR) is 58.0 cm³/mol. The van der Waals surface area contributed by atoms with E-state index in [1.54, 1.807) is 6.07 Å². The molecule has 0 aromatic heterocycles.